The number of halogens is 2. The minimum Gasteiger partial charge on any atom is -0.314 e. The first-order valence-corrected chi connectivity index (χ1v) is 4.90. The molecule has 0 saturated heterocycles. The average Bonchev–Trinajstić information content (AvgIpc) is 2.10. The molecule has 1 aromatic rings. The Balaban J connectivity index is 2.85. The summed E-state index contributed by atoms with van der Waals surface area (Å²) in [5.74, 6) is 4.10. The molecule has 4 heteroatoms. The average molecular weight is 303 g/mol. The van der Waals surface area contributed by atoms with Gasteiger partial charge in [-0.3, -0.25) is 4.79 Å². The normalized spacial score (nSPS) is 8.79. The minimum atomic E-state index is -0.392. The molecule has 0 bridgehead atoms. The predicted octanol–water partition coefficient (Wildman–Crippen LogP) is 2.39. The highest BCUT2D eigenvalue weighted by Crippen LogP contribution is 2.18. The van der Waals surface area contributed by atoms with Crippen molar-refractivity contribution in [2.24, 2.45) is 0 Å². The third-order valence-corrected chi connectivity index (χ3v) is 2.31. The number of anilines is 1. The molecule has 0 saturated carbocycles. The van der Waals surface area contributed by atoms with E-state index in [9.17, 15) is 9.18 Å². The van der Waals surface area contributed by atoms with Crippen molar-refractivity contribution < 1.29 is 9.18 Å². The van der Waals surface area contributed by atoms with Crippen molar-refractivity contribution in [3.8, 4) is 11.8 Å². The van der Waals surface area contributed by atoms with E-state index in [0.29, 0.717) is 9.26 Å². The molecule has 0 radical (unpaired) electrons. The number of carbonyl (C=O) groups excluding carboxylic acids is 1. The van der Waals surface area contributed by atoms with Gasteiger partial charge in [-0.05, 0) is 53.6 Å². The lowest BCUT2D eigenvalue weighted by atomic mass is 10.3. The largest absolute Gasteiger partial charge is 0.314 e. The van der Waals surface area contributed by atoms with Crippen molar-refractivity contribution in [3.63, 3.8) is 0 Å². The van der Waals surface area contributed by atoms with Crippen LogP contribution in [0.4, 0.5) is 10.1 Å². The molecule has 0 aliphatic carbocycles. The van der Waals surface area contributed by atoms with Gasteiger partial charge in [-0.2, -0.15) is 0 Å². The fourth-order valence-electron chi connectivity index (χ4n) is 0.858. The van der Waals surface area contributed by atoms with Crippen molar-refractivity contribution in [1.82, 2.24) is 0 Å². The molecule has 0 unspecified atom stereocenters. The molecule has 0 spiro atoms. The topological polar surface area (TPSA) is 29.1 Å². The number of amides is 1. The SMILES string of the molecule is CC#CC(=O)Nc1ccc(F)cc1I. The molecule has 1 rings (SSSR count). The highest BCUT2D eigenvalue weighted by Gasteiger charge is 2.03. The van der Waals surface area contributed by atoms with Crippen LogP contribution in [-0.2, 0) is 4.79 Å². The summed E-state index contributed by atoms with van der Waals surface area (Å²) in [6.45, 7) is 1.58. The fraction of sp³-hybridized carbons (Fsp3) is 0.100. The van der Waals surface area contributed by atoms with E-state index in [4.69, 9.17) is 0 Å². The summed E-state index contributed by atoms with van der Waals surface area (Å²) in [4.78, 5) is 11.1. The second kappa shape index (κ2) is 4.96. The number of rotatable bonds is 1. The molecule has 0 atom stereocenters. The van der Waals surface area contributed by atoms with Crippen molar-refractivity contribution in [2.75, 3.05) is 5.32 Å². The van der Waals surface area contributed by atoms with Crippen LogP contribution in [0, 0.1) is 21.2 Å². The van der Waals surface area contributed by atoms with E-state index >= 15 is 0 Å². The minimum absolute atomic E-state index is 0.325. The van der Waals surface area contributed by atoms with Gasteiger partial charge in [0.05, 0.1) is 5.69 Å². The highest BCUT2D eigenvalue weighted by molar-refractivity contribution is 14.1. The van der Waals surface area contributed by atoms with Gasteiger partial charge in [-0.15, -0.1) is 0 Å². The maximum absolute atomic E-state index is 12.7. The van der Waals surface area contributed by atoms with Crippen molar-refractivity contribution in [2.45, 2.75) is 6.92 Å². The van der Waals surface area contributed by atoms with Gasteiger partial charge < -0.3 is 5.32 Å². The van der Waals surface area contributed by atoms with Gasteiger partial charge in [0.25, 0.3) is 5.91 Å². The zero-order valence-electron chi connectivity index (χ0n) is 7.40. The Bertz CT molecular complexity index is 420. The van der Waals surface area contributed by atoms with Crippen molar-refractivity contribution >= 4 is 34.2 Å². The quantitative estimate of drug-likeness (QED) is 0.626. The second-order valence-corrected chi connectivity index (χ2v) is 3.62. The van der Waals surface area contributed by atoms with Gasteiger partial charge in [0.1, 0.15) is 5.82 Å². The molecule has 0 heterocycles. The lowest BCUT2D eigenvalue weighted by Crippen LogP contribution is -2.09. The van der Waals surface area contributed by atoms with Gasteiger partial charge in [0.2, 0.25) is 0 Å². The smallest absolute Gasteiger partial charge is 0.300 e. The maximum Gasteiger partial charge on any atom is 0.300 e. The summed E-state index contributed by atoms with van der Waals surface area (Å²) < 4.78 is 13.3. The molecule has 1 N–H and O–H groups in total. The molecule has 1 amide bonds. The van der Waals surface area contributed by atoms with Crippen LogP contribution in [0.5, 0.6) is 0 Å². The Hall–Kier alpha value is -1.09. The summed E-state index contributed by atoms with van der Waals surface area (Å²) in [5.41, 5.74) is 0.569. The molecule has 1 aromatic carbocycles. The molecule has 72 valence electrons. The highest BCUT2D eigenvalue weighted by atomic mass is 127. The molecule has 14 heavy (non-hydrogen) atoms. The van der Waals surface area contributed by atoms with Crippen LogP contribution < -0.4 is 5.32 Å². The Morgan fingerprint density at radius 2 is 2.29 bits per heavy atom. The maximum atomic E-state index is 12.7. The molecule has 0 aliphatic rings. The van der Waals surface area contributed by atoms with Crippen LogP contribution in [0.2, 0.25) is 0 Å². The van der Waals surface area contributed by atoms with E-state index in [1.807, 2.05) is 22.6 Å². The third-order valence-electron chi connectivity index (χ3n) is 1.42. The predicted molar refractivity (Wildman–Crippen MR) is 61.2 cm³/mol. The molecule has 0 aromatic heterocycles. The summed E-state index contributed by atoms with van der Waals surface area (Å²) in [6, 6.07) is 4.14. The number of carbonyl (C=O) groups is 1. The Kier molecular flexibility index (Phi) is 3.89. The second-order valence-electron chi connectivity index (χ2n) is 2.45. The van der Waals surface area contributed by atoms with Gasteiger partial charge in [-0.1, -0.05) is 5.92 Å². The van der Waals surface area contributed by atoms with E-state index in [1.54, 1.807) is 6.92 Å². The standard InChI is InChI=1S/C10H7FINO/c1-2-3-10(14)13-9-5-4-7(11)6-8(9)12/h4-6H,1H3,(H,13,14). The van der Waals surface area contributed by atoms with E-state index in [1.165, 1.54) is 18.2 Å². The Labute approximate surface area is 95.0 Å². The van der Waals surface area contributed by atoms with E-state index in [-0.39, 0.29) is 5.82 Å². The number of benzene rings is 1. The monoisotopic (exact) mass is 303 g/mol. The number of hydrogen-bond donors (Lipinski definition) is 1. The Morgan fingerprint density at radius 3 is 2.86 bits per heavy atom. The molecule has 2 nitrogen and oxygen atoms in total. The van der Waals surface area contributed by atoms with Crippen LogP contribution in [-0.4, -0.2) is 5.91 Å². The van der Waals surface area contributed by atoms with E-state index < -0.39 is 5.91 Å². The number of hydrogen-bond acceptors (Lipinski definition) is 1. The van der Waals surface area contributed by atoms with Crippen LogP contribution in [0.25, 0.3) is 0 Å². The van der Waals surface area contributed by atoms with Gasteiger partial charge in [0.15, 0.2) is 0 Å². The van der Waals surface area contributed by atoms with Crippen molar-refractivity contribution in [1.29, 1.82) is 0 Å². The fourth-order valence-corrected chi connectivity index (χ4v) is 1.47. The first-order chi connectivity index (χ1) is 6.63. The third kappa shape index (κ3) is 3.00. The molecule has 0 fully saturated rings. The lowest BCUT2D eigenvalue weighted by molar-refractivity contribution is -0.111. The van der Waals surface area contributed by atoms with E-state index in [0.717, 1.165) is 0 Å². The van der Waals surface area contributed by atoms with Gasteiger partial charge >= 0.3 is 0 Å². The van der Waals surface area contributed by atoms with Crippen molar-refractivity contribution in [3.05, 3.63) is 27.6 Å². The summed E-state index contributed by atoms with van der Waals surface area (Å²) in [7, 11) is 0. The van der Waals surface area contributed by atoms with Gasteiger partial charge in [0, 0.05) is 3.57 Å². The van der Waals surface area contributed by atoms with Gasteiger partial charge in [-0.25, -0.2) is 4.39 Å². The summed E-state index contributed by atoms with van der Waals surface area (Å²) in [6.07, 6.45) is 0. The molecular weight excluding hydrogens is 296 g/mol. The summed E-state index contributed by atoms with van der Waals surface area (Å²) in [5, 5.41) is 2.55. The Morgan fingerprint density at radius 1 is 1.57 bits per heavy atom. The molecular formula is C10H7FINO. The van der Waals surface area contributed by atoms with Crippen LogP contribution in [0.3, 0.4) is 0 Å². The first kappa shape index (κ1) is 11.0. The van der Waals surface area contributed by atoms with Crippen LogP contribution >= 0.6 is 22.6 Å². The van der Waals surface area contributed by atoms with Crippen LogP contribution in [0.15, 0.2) is 18.2 Å². The molecule has 0 aliphatic heterocycles. The summed E-state index contributed by atoms with van der Waals surface area (Å²) >= 11 is 1.94. The zero-order valence-corrected chi connectivity index (χ0v) is 9.55. The number of nitrogens with one attached hydrogen (secondary N) is 1. The van der Waals surface area contributed by atoms with Crippen LogP contribution in [0.1, 0.15) is 6.92 Å². The lowest BCUT2D eigenvalue weighted by Gasteiger charge is -2.03. The first-order valence-electron chi connectivity index (χ1n) is 3.82. The van der Waals surface area contributed by atoms with E-state index in [2.05, 4.69) is 17.2 Å². The zero-order chi connectivity index (χ0) is 10.6.